The van der Waals surface area contributed by atoms with Gasteiger partial charge in [0.05, 0.1) is 14.2 Å². The Morgan fingerprint density at radius 2 is 1.86 bits per heavy atom. The van der Waals surface area contributed by atoms with Crippen LogP contribution in [0.25, 0.3) is 0 Å². The number of rotatable bonds is 6. The summed E-state index contributed by atoms with van der Waals surface area (Å²) in [7, 11) is 2.69. The third-order valence-corrected chi connectivity index (χ3v) is 5.43. The zero-order valence-electron chi connectivity index (χ0n) is 12.6. The van der Waals surface area contributed by atoms with Gasteiger partial charge in [0.2, 0.25) is 0 Å². The number of thiophene rings is 1. The Hall–Kier alpha value is -1.36. The van der Waals surface area contributed by atoms with E-state index in [-0.39, 0.29) is 5.92 Å². The van der Waals surface area contributed by atoms with Gasteiger partial charge in [-0.1, -0.05) is 18.9 Å². The van der Waals surface area contributed by atoms with Gasteiger partial charge in [-0.25, -0.2) is 0 Å². The molecule has 0 saturated heterocycles. The molecule has 1 aliphatic rings. The van der Waals surface area contributed by atoms with E-state index in [2.05, 4.69) is 0 Å². The zero-order valence-corrected chi connectivity index (χ0v) is 13.4. The third kappa shape index (κ3) is 3.12. The lowest BCUT2D eigenvalue weighted by atomic mass is 9.71. The number of aryl methyl sites for hydroxylation is 1. The van der Waals surface area contributed by atoms with Gasteiger partial charge in [0.15, 0.2) is 5.41 Å². The Morgan fingerprint density at radius 1 is 1.24 bits per heavy atom. The van der Waals surface area contributed by atoms with E-state index in [1.54, 1.807) is 11.3 Å². The minimum atomic E-state index is -1.15. The maximum atomic E-state index is 12.5. The van der Waals surface area contributed by atoms with Gasteiger partial charge in [0.1, 0.15) is 0 Å². The van der Waals surface area contributed by atoms with Crippen LogP contribution < -0.4 is 0 Å². The molecule has 116 valence electrons. The fourth-order valence-corrected chi connectivity index (χ4v) is 4.09. The van der Waals surface area contributed by atoms with Crippen molar-refractivity contribution in [3.8, 4) is 0 Å². The summed E-state index contributed by atoms with van der Waals surface area (Å²) in [5.41, 5.74) is -1.15. The predicted octanol–water partition coefficient (Wildman–Crippen LogP) is 3.20. The van der Waals surface area contributed by atoms with Crippen LogP contribution in [0.3, 0.4) is 0 Å². The van der Waals surface area contributed by atoms with E-state index in [1.807, 2.05) is 17.5 Å². The minimum Gasteiger partial charge on any atom is -0.468 e. The number of hydrogen-bond acceptors (Lipinski definition) is 5. The van der Waals surface area contributed by atoms with E-state index in [4.69, 9.17) is 9.47 Å². The molecule has 0 unspecified atom stereocenters. The van der Waals surface area contributed by atoms with Gasteiger partial charge in [-0.05, 0) is 43.0 Å². The van der Waals surface area contributed by atoms with Gasteiger partial charge in [0.25, 0.3) is 0 Å². The van der Waals surface area contributed by atoms with Crippen molar-refractivity contribution in [1.29, 1.82) is 0 Å². The van der Waals surface area contributed by atoms with E-state index >= 15 is 0 Å². The highest BCUT2D eigenvalue weighted by molar-refractivity contribution is 7.09. The molecular weight excluding hydrogens is 288 g/mol. The van der Waals surface area contributed by atoms with E-state index in [9.17, 15) is 9.59 Å². The van der Waals surface area contributed by atoms with Gasteiger partial charge in [0, 0.05) is 4.88 Å². The molecule has 0 bridgehead atoms. The molecule has 1 aromatic heterocycles. The van der Waals surface area contributed by atoms with Crippen molar-refractivity contribution in [2.75, 3.05) is 14.2 Å². The summed E-state index contributed by atoms with van der Waals surface area (Å²) in [5.74, 6) is -0.868. The Kier molecular flexibility index (Phi) is 5.39. The predicted molar refractivity (Wildman–Crippen MR) is 81.1 cm³/mol. The number of methoxy groups -OCH3 is 2. The molecule has 0 amide bonds. The van der Waals surface area contributed by atoms with E-state index in [0.29, 0.717) is 12.8 Å². The first kappa shape index (κ1) is 16.0. The zero-order chi connectivity index (χ0) is 15.3. The normalized spacial score (nSPS) is 15.9. The van der Waals surface area contributed by atoms with Crippen LogP contribution >= 0.6 is 11.3 Å². The number of carbonyl (C=O) groups excluding carboxylic acids is 2. The highest BCUT2D eigenvalue weighted by Gasteiger charge is 2.54. The number of carbonyl (C=O) groups is 2. The monoisotopic (exact) mass is 310 g/mol. The maximum absolute atomic E-state index is 12.5. The summed E-state index contributed by atoms with van der Waals surface area (Å²) in [5, 5.41) is 2.00. The first-order valence-corrected chi connectivity index (χ1v) is 8.22. The van der Waals surface area contributed by atoms with Crippen molar-refractivity contribution in [2.45, 2.75) is 38.5 Å². The molecule has 0 spiro atoms. The second-order valence-electron chi connectivity index (χ2n) is 5.52. The van der Waals surface area contributed by atoms with Crippen LogP contribution in [0.2, 0.25) is 0 Å². The number of hydrogen-bond donors (Lipinski definition) is 0. The summed E-state index contributed by atoms with van der Waals surface area (Å²) >= 11 is 1.64. The molecule has 5 heteroatoms. The molecular formula is C16H22O4S. The third-order valence-electron chi connectivity index (χ3n) is 4.50. The summed E-state index contributed by atoms with van der Waals surface area (Å²) in [6.07, 6.45) is 5.03. The maximum Gasteiger partial charge on any atom is 0.323 e. The van der Waals surface area contributed by atoms with Gasteiger partial charge in [-0.3, -0.25) is 9.59 Å². The van der Waals surface area contributed by atoms with E-state index in [0.717, 1.165) is 25.7 Å². The van der Waals surface area contributed by atoms with Crippen LogP contribution in [-0.4, -0.2) is 26.2 Å². The molecule has 0 aromatic carbocycles. The molecule has 1 aliphatic carbocycles. The van der Waals surface area contributed by atoms with Crippen molar-refractivity contribution in [2.24, 2.45) is 11.3 Å². The molecule has 0 N–H and O–H groups in total. The molecule has 1 fully saturated rings. The van der Waals surface area contributed by atoms with Gasteiger partial charge in [-0.2, -0.15) is 0 Å². The Bertz CT molecular complexity index is 458. The van der Waals surface area contributed by atoms with E-state index < -0.39 is 17.4 Å². The fourth-order valence-electron chi connectivity index (χ4n) is 3.38. The first-order valence-electron chi connectivity index (χ1n) is 7.34. The van der Waals surface area contributed by atoms with Gasteiger partial charge in [-0.15, -0.1) is 11.3 Å². The Balaban J connectivity index is 2.29. The second kappa shape index (κ2) is 7.07. The van der Waals surface area contributed by atoms with Crippen molar-refractivity contribution in [3.05, 3.63) is 22.4 Å². The van der Waals surface area contributed by atoms with E-state index in [1.165, 1.54) is 19.1 Å². The minimum absolute atomic E-state index is 0.0253. The largest absolute Gasteiger partial charge is 0.468 e. The van der Waals surface area contributed by atoms with Gasteiger partial charge >= 0.3 is 11.9 Å². The topological polar surface area (TPSA) is 52.6 Å². The fraction of sp³-hybridized carbons (Fsp3) is 0.625. The highest BCUT2D eigenvalue weighted by atomic mass is 32.1. The first-order chi connectivity index (χ1) is 10.1. The summed E-state index contributed by atoms with van der Waals surface area (Å²) in [4.78, 5) is 26.1. The number of ether oxygens (including phenoxy) is 2. The van der Waals surface area contributed by atoms with Crippen LogP contribution in [0, 0.1) is 11.3 Å². The van der Waals surface area contributed by atoms with Crippen molar-refractivity contribution in [3.63, 3.8) is 0 Å². The molecule has 0 aliphatic heterocycles. The van der Waals surface area contributed by atoms with Crippen LogP contribution in [0.15, 0.2) is 17.5 Å². The second-order valence-corrected chi connectivity index (χ2v) is 6.55. The summed E-state index contributed by atoms with van der Waals surface area (Å²) in [6, 6.07) is 4.01. The standard InChI is InChI=1S/C16H22O4S/c1-19-14(17)16(15(18)20-2,12-6-3-4-7-12)10-9-13-8-5-11-21-13/h5,8,11-12H,3-4,6-7,9-10H2,1-2H3. The Labute approximate surface area is 129 Å². The lowest BCUT2D eigenvalue weighted by Gasteiger charge is -2.33. The van der Waals surface area contributed by atoms with Crippen LogP contribution in [0.5, 0.6) is 0 Å². The van der Waals surface area contributed by atoms with Crippen LogP contribution in [-0.2, 0) is 25.5 Å². The number of esters is 2. The average Bonchev–Trinajstić information content (AvgIpc) is 3.20. The SMILES string of the molecule is COC(=O)C(CCc1cccs1)(C(=O)OC)C1CCCC1. The van der Waals surface area contributed by atoms with Crippen molar-refractivity contribution in [1.82, 2.24) is 0 Å². The summed E-state index contributed by atoms with van der Waals surface area (Å²) < 4.78 is 9.97. The quantitative estimate of drug-likeness (QED) is 0.598. The smallest absolute Gasteiger partial charge is 0.323 e. The van der Waals surface area contributed by atoms with Crippen molar-refractivity contribution >= 4 is 23.3 Å². The van der Waals surface area contributed by atoms with Crippen LogP contribution in [0.1, 0.15) is 37.0 Å². The molecule has 4 nitrogen and oxygen atoms in total. The summed E-state index contributed by atoms with van der Waals surface area (Å²) in [6.45, 7) is 0. The Morgan fingerprint density at radius 3 is 2.33 bits per heavy atom. The molecule has 1 aromatic rings. The molecule has 0 radical (unpaired) electrons. The lowest BCUT2D eigenvalue weighted by molar-refractivity contribution is -0.174. The van der Waals surface area contributed by atoms with Gasteiger partial charge < -0.3 is 9.47 Å². The molecule has 1 heterocycles. The molecule has 21 heavy (non-hydrogen) atoms. The lowest BCUT2D eigenvalue weighted by Crippen LogP contribution is -2.47. The van der Waals surface area contributed by atoms with Crippen molar-refractivity contribution < 1.29 is 19.1 Å². The highest BCUT2D eigenvalue weighted by Crippen LogP contribution is 2.45. The molecule has 2 rings (SSSR count). The molecule has 1 saturated carbocycles. The average molecular weight is 310 g/mol. The van der Waals surface area contributed by atoms with Crippen LogP contribution in [0.4, 0.5) is 0 Å². The molecule has 0 atom stereocenters.